The number of benzene rings is 1. The van der Waals surface area contributed by atoms with Crippen molar-refractivity contribution in [2.45, 2.75) is 0 Å². The molecule has 0 amide bonds. The highest BCUT2D eigenvalue weighted by molar-refractivity contribution is 6.49. The number of hydrogen-bond acceptors (Lipinski definition) is 1. The smallest absolute Gasteiger partial charge is 0.241 e. The lowest BCUT2D eigenvalue weighted by molar-refractivity contribution is 0.0573. The largest absolute Gasteiger partial charge is 0.387 e. The Bertz CT molecular complexity index is 336. The van der Waals surface area contributed by atoms with Gasteiger partial charge in [-0.25, -0.2) is 9.90 Å². The molecule has 0 saturated heterocycles. The Balaban J connectivity index is 3.36. The molecule has 1 rings (SSSR count). The molecule has 5 heteroatoms. The standard InChI is InChI=1S/C7H2Cl3O2/c8-4-2-1-3(7(11)12)5(9)6(4)10/h1-2H. The van der Waals surface area contributed by atoms with Gasteiger partial charge in [0.15, 0.2) is 0 Å². The summed E-state index contributed by atoms with van der Waals surface area (Å²) in [7, 11) is 0. The lowest BCUT2D eigenvalue weighted by Gasteiger charge is -2.00. The van der Waals surface area contributed by atoms with E-state index in [2.05, 4.69) is 0 Å². The first kappa shape index (κ1) is 9.65. The third-order valence-electron chi connectivity index (χ3n) is 1.26. The molecule has 0 unspecified atom stereocenters. The highest BCUT2D eigenvalue weighted by Crippen LogP contribution is 2.32. The van der Waals surface area contributed by atoms with Gasteiger partial charge in [-0.05, 0) is 12.1 Å². The molecule has 0 atom stereocenters. The summed E-state index contributed by atoms with van der Waals surface area (Å²) in [4.78, 5) is 10.4. The minimum atomic E-state index is -1.38. The van der Waals surface area contributed by atoms with E-state index in [1.54, 1.807) is 0 Å². The fourth-order valence-corrected chi connectivity index (χ4v) is 1.30. The van der Waals surface area contributed by atoms with Crippen LogP contribution in [0.1, 0.15) is 10.4 Å². The van der Waals surface area contributed by atoms with E-state index in [-0.39, 0.29) is 20.6 Å². The van der Waals surface area contributed by atoms with Crippen molar-refractivity contribution < 1.29 is 9.90 Å². The lowest BCUT2D eigenvalue weighted by Crippen LogP contribution is -1.95. The van der Waals surface area contributed by atoms with Gasteiger partial charge in [0.25, 0.3) is 0 Å². The molecule has 12 heavy (non-hydrogen) atoms. The van der Waals surface area contributed by atoms with E-state index in [1.807, 2.05) is 0 Å². The van der Waals surface area contributed by atoms with Gasteiger partial charge >= 0.3 is 5.97 Å². The summed E-state index contributed by atoms with van der Waals surface area (Å²) >= 11 is 16.7. The van der Waals surface area contributed by atoms with Gasteiger partial charge in [-0.1, -0.05) is 34.8 Å². The highest BCUT2D eigenvalue weighted by Gasteiger charge is 2.14. The van der Waals surface area contributed by atoms with E-state index in [1.165, 1.54) is 12.1 Å². The Morgan fingerprint density at radius 2 is 1.67 bits per heavy atom. The highest BCUT2D eigenvalue weighted by atomic mass is 35.5. The molecule has 0 aliphatic heterocycles. The van der Waals surface area contributed by atoms with Gasteiger partial charge in [0.1, 0.15) is 0 Å². The Morgan fingerprint density at radius 3 is 2.17 bits per heavy atom. The van der Waals surface area contributed by atoms with Crippen molar-refractivity contribution >= 4 is 40.8 Å². The molecule has 2 nitrogen and oxygen atoms in total. The van der Waals surface area contributed by atoms with Crippen LogP contribution in [0.4, 0.5) is 0 Å². The summed E-state index contributed by atoms with van der Waals surface area (Å²) in [5.74, 6) is -1.38. The Morgan fingerprint density at radius 1 is 1.08 bits per heavy atom. The molecule has 0 spiro atoms. The van der Waals surface area contributed by atoms with Crippen LogP contribution in [-0.2, 0) is 5.11 Å². The second kappa shape index (κ2) is 3.52. The van der Waals surface area contributed by atoms with Crippen molar-refractivity contribution in [1.29, 1.82) is 0 Å². The van der Waals surface area contributed by atoms with Crippen LogP contribution in [0.25, 0.3) is 0 Å². The molecule has 0 heterocycles. The summed E-state index contributed by atoms with van der Waals surface area (Å²) < 4.78 is 0. The van der Waals surface area contributed by atoms with E-state index in [4.69, 9.17) is 34.8 Å². The number of rotatable bonds is 1. The van der Waals surface area contributed by atoms with Crippen molar-refractivity contribution in [3.63, 3.8) is 0 Å². The van der Waals surface area contributed by atoms with Gasteiger partial charge in [0.2, 0.25) is 0 Å². The zero-order valence-corrected chi connectivity index (χ0v) is 7.87. The van der Waals surface area contributed by atoms with Crippen LogP contribution < -0.4 is 0 Å². The van der Waals surface area contributed by atoms with Gasteiger partial charge in [0, 0.05) is 0 Å². The van der Waals surface area contributed by atoms with Crippen LogP contribution in [0, 0.1) is 0 Å². The van der Waals surface area contributed by atoms with E-state index in [9.17, 15) is 9.90 Å². The van der Waals surface area contributed by atoms with Crippen LogP contribution in [0.5, 0.6) is 0 Å². The van der Waals surface area contributed by atoms with Crippen molar-refractivity contribution in [1.82, 2.24) is 0 Å². The number of carbonyl (C=O) groups is 1. The topological polar surface area (TPSA) is 37.0 Å². The molecule has 0 N–H and O–H groups in total. The normalized spacial score (nSPS) is 9.92. The molecule has 0 aliphatic rings. The summed E-state index contributed by atoms with van der Waals surface area (Å²) in [6.45, 7) is 0. The van der Waals surface area contributed by atoms with Crippen molar-refractivity contribution in [3.8, 4) is 0 Å². The molecule has 1 aromatic rings. The van der Waals surface area contributed by atoms with Gasteiger partial charge in [-0.3, -0.25) is 0 Å². The minimum absolute atomic E-state index is 0.0278. The Kier molecular flexibility index (Phi) is 2.83. The maximum atomic E-state index is 10.4. The molecule has 1 aromatic carbocycles. The number of hydrogen-bond donors (Lipinski definition) is 0. The van der Waals surface area contributed by atoms with Crippen LogP contribution >= 0.6 is 34.8 Å². The molecule has 63 valence electrons. The monoisotopic (exact) mass is 223 g/mol. The lowest BCUT2D eigenvalue weighted by atomic mass is 10.2. The van der Waals surface area contributed by atoms with Gasteiger partial charge < -0.3 is 0 Å². The fraction of sp³-hybridized carbons (Fsp3) is 0. The summed E-state index contributed by atoms with van der Waals surface area (Å²) in [5.41, 5.74) is -0.161. The van der Waals surface area contributed by atoms with Crippen LogP contribution in [-0.4, -0.2) is 5.97 Å². The summed E-state index contributed by atoms with van der Waals surface area (Å²) in [6.07, 6.45) is 0. The van der Waals surface area contributed by atoms with Crippen LogP contribution in [0.3, 0.4) is 0 Å². The van der Waals surface area contributed by atoms with Crippen LogP contribution in [0.2, 0.25) is 15.1 Å². The van der Waals surface area contributed by atoms with E-state index >= 15 is 0 Å². The molecule has 0 saturated carbocycles. The van der Waals surface area contributed by atoms with Crippen molar-refractivity contribution in [2.24, 2.45) is 0 Å². The zero-order valence-electron chi connectivity index (χ0n) is 5.61. The average Bonchev–Trinajstić information content (AvgIpc) is 2.00. The third kappa shape index (κ3) is 1.66. The molecule has 0 aliphatic carbocycles. The van der Waals surface area contributed by atoms with Crippen molar-refractivity contribution in [3.05, 3.63) is 32.8 Å². The molecule has 1 radical (unpaired) electrons. The number of carbonyl (C=O) groups excluding carboxylic acids is 1. The summed E-state index contributed by atoms with van der Waals surface area (Å²) in [5, 5.41) is 10.5. The third-order valence-corrected chi connectivity index (χ3v) is 2.55. The van der Waals surface area contributed by atoms with Gasteiger partial charge in [-0.15, -0.1) is 0 Å². The predicted octanol–water partition coefficient (Wildman–Crippen LogP) is 3.22. The predicted molar refractivity (Wildman–Crippen MR) is 46.5 cm³/mol. The van der Waals surface area contributed by atoms with Crippen molar-refractivity contribution in [2.75, 3.05) is 0 Å². The summed E-state index contributed by atoms with van der Waals surface area (Å²) in [6, 6.07) is 2.59. The molecular weight excluding hydrogens is 222 g/mol. The molecule has 0 bridgehead atoms. The Labute approximate surface area is 83.7 Å². The minimum Gasteiger partial charge on any atom is -0.241 e. The Hall–Kier alpha value is -0.440. The molecule has 0 aromatic heterocycles. The second-order valence-corrected chi connectivity index (χ2v) is 3.17. The van der Waals surface area contributed by atoms with Gasteiger partial charge in [-0.2, -0.15) is 0 Å². The maximum Gasteiger partial charge on any atom is 0.387 e. The SMILES string of the molecule is [O]C(=O)c1ccc(Cl)c(Cl)c1Cl. The van der Waals surface area contributed by atoms with E-state index < -0.39 is 5.97 Å². The van der Waals surface area contributed by atoms with Crippen LogP contribution in [0.15, 0.2) is 12.1 Å². The average molecular weight is 224 g/mol. The molecule has 0 fully saturated rings. The first-order chi connectivity index (χ1) is 5.54. The first-order valence-corrected chi connectivity index (χ1v) is 4.02. The van der Waals surface area contributed by atoms with Gasteiger partial charge in [0.05, 0.1) is 20.6 Å². The first-order valence-electron chi connectivity index (χ1n) is 2.89. The van der Waals surface area contributed by atoms with E-state index in [0.29, 0.717) is 0 Å². The quantitative estimate of drug-likeness (QED) is 0.675. The number of halogens is 3. The molecular formula is C7H2Cl3O2. The second-order valence-electron chi connectivity index (χ2n) is 2.01. The zero-order chi connectivity index (χ0) is 9.30. The fourth-order valence-electron chi connectivity index (χ4n) is 0.684. The maximum absolute atomic E-state index is 10.4. The van der Waals surface area contributed by atoms with E-state index in [0.717, 1.165) is 0 Å².